The number of nitrogens with zero attached hydrogens (tertiary/aromatic N) is 5. The van der Waals surface area contributed by atoms with E-state index in [9.17, 15) is 5.26 Å². The van der Waals surface area contributed by atoms with Crippen LogP contribution in [0.3, 0.4) is 0 Å². The molecular formula is C27H28BN5O2. The van der Waals surface area contributed by atoms with E-state index in [0.717, 1.165) is 82.3 Å². The lowest BCUT2D eigenvalue weighted by atomic mass is 9.39. The highest BCUT2D eigenvalue weighted by Crippen LogP contribution is 2.40. The van der Waals surface area contributed by atoms with E-state index in [4.69, 9.17) is 19.1 Å². The number of aromatic nitrogens is 3. The van der Waals surface area contributed by atoms with Gasteiger partial charge in [-0.05, 0) is 55.4 Å². The molecule has 176 valence electrons. The van der Waals surface area contributed by atoms with Crippen molar-refractivity contribution in [2.45, 2.75) is 45.2 Å². The minimum atomic E-state index is 0.168. The predicted molar refractivity (Wildman–Crippen MR) is 138 cm³/mol. The van der Waals surface area contributed by atoms with Gasteiger partial charge < -0.3 is 14.1 Å². The third-order valence-electron chi connectivity index (χ3n) is 7.55. The Morgan fingerprint density at radius 2 is 1.91 bits per heavy atom. The zero-order valence-electron chi connectivity index (χ0n) is 20.4. The van der Waals surface area contributed by atoms with Crippen molar-refractivity contribution in [3.8, 4) is 23.0 Å². The number of ether oxygens (including phenoxy) is 1. The number of aryl methyl sites for hydroxylation is 2. The minimum Gasteiger partial charge on any atom is -0.496 e. The molecule has 0 amide bonds. The highest BCUT2D eigenvalue weighted by atomic mass is 16.5. The van der Waals surface area contributed by atoms with Crippen LogP contribution in [-0.4, -0.2) is 41.9 Å². The predicted octanol–water partition coefficient (Wildman–Crippen LogP) is 5.61. The molecule has 0 radical (unpaired) electrons. The van der Waals surface area contributed by atoms with Gasteiger partial charge in [0.15, 0.2) is 11.5 Å². The Morgan fingerprint density at radius 1 is 1.11 bits per heavy atom. The molecule has 1 saturated heterocycles. The Kier molecular flexibility index (Phi) is 5.36. The van der Waals surface area contributed by atoms with Crippen molar-refractivity contribution in [2.24, 2.45) is 5.92 Å². The Hall–Kier alpha value is -3.60. The molecule has 3 aromatic heterocycles. The molecule has 2 aliphatic rings. The summed E-state index contributed by atoms with van der Waals surface area (Å²) in [5, 5.41) is 9.68. The van der Waals surface area contributed by atoms with E-state index in [1.54, 1.807) is 7.11 Å². The number of pyridine rings is 2. The average molecular weight is 465 g/mol. The molecule has 1 atom stereocenters. The van der Waals surface area contributed by atoms with Crippen LogP contribution in [0.2, 0.25) is 12.1 Å². The summed E-state index contributed by atoms with van der Waals surface area (Å²) in [4.78, 5) is 16.6. The van der Waals surface area contributed by atoms with E-state index < -0.39 is 0 Å². The first-order chi connectivity index (χ1) is 17.0. The first-order valence-electron chi connectivity index (χ1n) is 12.4. The van der Waals surface area contributed by atoms with Crippen molar-refractivity contribution in [3.63, 3.8) is 0 Å². The summed E-state index contributed by atoms with van der Waals surface area (Å²) >= 11 is 0. The molecule has 0 spiro atoms. The summed E-state index contributed by atoms with van der Waals surface area (Å²) in [6, 6.07) is 10.0. The van der Waals surface area contributed by atoms with Gasteiger partial charge in [0.1, 0.15) is 17.1 Å². The van der Waals surface area contributed by atoms with E-state index in [1.165, 1.54) is 12.8 Å². The van der Waals surface area contributed by atoms with Gasteiger partial charge in [-0.2, -0.15) is 0 Å². The Balaban J connectivity index is 1.29. The van der Waals surface area contributed by atoms with E-state index >= 15 is 0 Å². The second-order valence-corrected chi connectivity index (χ2v) is 9.98. The van der Waals surface area contributed by atoms with Crippen LogP contribution in [0, 0.1) is 31.0 Å². The number of anilines is 1. The molecule has 7 nitrogen and oxygen atoms in total. The van der Waals surface area contributed by atoms with E-state index in [2.05, 4.69) is 21.9 Å². The second-order valence-electron chi connectivity index (χ2n) is 9.98. The van der Waals surface area contributed by atoms with Crippen molar-refractivity contribution in [3.05, 3.63) is 41.8 Å². The van der Waals surface area contributed by atoms with Crippen LogP contribution < -0.4 is 9.64 Å². The fourth-order valence-electron chi connectivity index (χ4n) is 5.48. The standard InChI is InChI=1S/C27H28BN5O2/c1-16-26-24(35-17(2)30-26)12-20(27(16)34-3)21-6-7-23-22(31-21)8-9-25(32-23)33-11-10-19(14-33)28(15-29)13-18-4-5-18/h6-9,12,18-19H,4-5,10-11,13-14H2,1-3H3. The third-order valence-corrected chi connectivity index (χ3v) is 7.55. The van der Waals surface area contributed by atoms with Crippen molar-refractivity contribution >= 4 is 34.7 Å². The number of benzene rings is 1. The summed E-state index contributed by atoms with van der Waals surface area (Å²) in [5.41, 5.74) is 5.85. The van der Waals surface area contributed by atoms with E-state index in [1.807, 2.05) is 38.1 Å². The van der Waals surface area contributed by atoms with Gasteiger partial charge in [-0.25, -0.2) is 20.2 Å². The molecule has 4 aromatic rings. The molecule has 4 heterocycles. The van der Waals surface area contributed by atoms with E-state index in [-0.39, 0.29) is 6.71 Å². The second kappa shape index (κ2) is 8.56. The Bertz CT molecular complexity index is 1470. The van der Waals surface area contributed by atoms with Crippen molar-refractivity contribution in [1.82, 2.24) is 15.0 Å². The van der Waals surface area contributed by atoms with Crippen molar-refractivity contribution < 1.29 is 9.15 Å². The fraction of sp³-hybridized carbons (Fsp3) is 0.407. The first-order valence-corrected chi connectivity index (χ1v) is 12.4. The zero-order chi connectivity index (χ0) is 24.1. The van der Waals surface area contributed by atoms with Crippen LogP contribution in [0.15, 0.2) is 34.7 Å². The molecule has 1 saturated carbocycles. The normalized spacial score (nSPS) is 17.8. The van der Waals surface area contributed by atoms with Gasteiger partial charge in [0.2, 0.25) is 0 Å². The molecule has 2 fully saturated rings. The quantitative estimate of drug-likeness (QED) is 0.342. The SMILES string of the molecule is COc1c(-c2ccc3nc(N4CCC(B(C#N)CC5CC5)C4)ccc3n2)cc2oc(C)nc2c1C. The number of nitriles is 1. The van der Waals surface area contributed by atoms with Crippen LogP contribution in [0.5, 0.6) is 5.75 Å². The number of hydrogen-bond acceptors (Lipinski definition) is 7. The van der Waals surface area contributed by atoms with Gasteiger partial charge in [-0.3, -0.25) is 0 Å². The summed E-state index contributed by atoms with van der Waals surface area (Å²) in [6.07, 6.45) is 4.72. The van der Waals surface area contributed by atoms with Gasteiger partial charge in [0, 0.05) is 37.1 Å². The Morgan fingerprint density at radius 3 is 2.69 bits per heavy atom. The number of oxazole rings is 1. The lowest BCUT2D eigenvalue weighted by Gasteiger charge is -2.19. The molecule has 0 N–H and O–H groups in total. The van der Waals surface area contributed by atoms with Crippen LogP contribution in [0.1, 0.15) is 30.7 Å². The number of rotatable bonds is 6. The molecule has 1 unspecified atom stereocenters. The lowest BCUT2D eigenvalue weighted by molar-refractivity contribution is 0.414. The lowest BCUT2D eigenvalue weighted by Crippen LogP contribution is -2.25. The Labute approximate surface area is 205 Å². The highest BCUT2D eigenvalue weighted by molar-refractivity contribution is 6.68. The molecule has 1 aliphatic heterocycles. The summed E-state index contributed by atoms with van der Waals surface area (Å²) < 4.78 is 11.5. The minimum absolute atomic E-state index is 0.168. The first kappa shape index (κ1) is 21.9. The van der Waals surface area contributed by atoms with Crippen molar-refractivity contribution in [1.29, 1.82) is 5.26 Å². The summed E-state index contributed by atoms with van der Waals surface area (Å²) in [7, 11) is 1.67. The number of fused-ring (bicyclic) bond motifs is 2. The molecular weight excluding hydrogens is 437 g/mol. The maximum atomic E-state index is 9.68. The third kappa shape index (κ3) is 3.99. The largest absolute Gasteiger partial charge is 0.496 e. The molecule has 35 heavy (non-hydrogen) atoms. The van der Waals surface area contributed by atoms with Gasteiger partial charge in [0.05, 0.1) is 23.8 Å². The summed E-state index contributed by atoms with van der Waals surface area (Å²) in [5.74, 6) is 6.15. The number of methoxy groups -OCH3 is 1. The van der Waals surface area contributed by atoms with Gasteiger partial charge in [-0.1, -0.05) is 19.2 Å². The summed E-state index contributed by atoms with van der Waals surface area (Å²) in [6.45, 7) is 5.86. The van der Waals surface area contributed by atoms with Gasteiger partial charge >= 0.3 is 0 Å². The molecule has 0 bridgehead atoms. The maximum absolute atomic E-state index is 9.68. The fourth-order valence-corrected chi connectivity index (χ4v) is 5.48. The molecule has 1 aromatic carbocycles. The smallest absolute Gasteiger partial charge is 0.273 e. The monoisotopic (exact) mass is 465 g/mol. The molecule has 1 aliphatic carbocycles. The van der Waals surface area contributed by atoms with Gasteiger partial charge in [0.25, 0.3) is 6.71 Å². The van der Waals surface area contributed by atoms with Crippen molar-refractivity contribution in [2.75, 3.05) is 25.1 Å². The topological polar surface area (TPSA) is 88.1 Å². The van der Waals surface area contributed by atoms with Crippen LogP contribution in [0.4, 0.5) is 5.82 Å². The van der Waals surface area contributed by atoms with E-state index in [0.29, 0.717) is 11.7 Å². The van der Waals surface area contributed by atoms with Gasteiger partial charge in [-0.15, -0.1) is 0 Å². The molecule has 8 heteroatoms. The number of hydrogen-bond donors (Lipinski definition) is 0. The van der Waals surface area contributed by atoms with Crippen LogP contribution in [-0.2, 0) is 0 Å². The highest BCUT2D eigenvalue weighted by Gasteiger charge is 2.37. The molecule has 6 rings (SSSR count). The van der Waals surface area contributed by atoms with Crippen LogP contribution >= 0.6 is 0 Å². The average Bonchev–Trinajstić information content (AvgIpc) is 3.40. The maximum Gasteiger partial charge on any atom is 0.273 e. The zero-order valence-corrected chi connectivity index (χ0v) is 20.4. The van der Waals surface area contributed by atoms with Crippen LogP contribution in [0.25, 0.3) is 33.4 Å².